The Morgan fingerprint density at radius 3 is 2.71 bits per heavy atom. The maximum Gasteiger partial charge on any atom is 0.316 e. The molecule has 174 valence electrons. The zero-order valence-electron chi connectivity index (χ0n) is 18.0. The predicted octanol–water partition coefficient (Wildman–Crippen LogP) is 3.59. The number of halogens is 2. The van der Waals surface area contributed by atoms with Crippen molar-refractivity contribution in [3.05, 3.63) is 52.4 Å². The SMILES string of the molecule is COc1ncc(-c2ccc(C(=O)N[C@@H]3CCN(c4ncc(Cl)c5c(N)noc45)C3)c(Cl)c2)cn1. The van der Waals surface area contributed by atoms with Crippen LogP contribution in [0.15, 0.2) is 41.3 Å². The molecule has 1 aromatic carbocycles. The van der Waals surface area contributed by atoms with Crippen LogP contribution in [0.4, 0.5) is 11.6 Å². The molecular formula is C22H19Cl2N7O3. The molecule has 0 radical (unpaired) electrons. The fraction of sp³-hybridized carbons (Fsp3) is 0.227. The van der Waals surface area contributed by atoms with Gasteiger partial charge in [-0.05, 0) is 24.1 Å². The maximum absolute atomic E-state index is 12.9. The van der Waals surface area contributed by atoms with Crippen molar-refractivity contribution < 1.29 is 14.1 Å². The van der Waals surface area contributed by atoms with Crippen LogP contribution in [0.3, 0.4) is 0 Å². The van der Waals surface area contributed by atoms with E-state index >= 15 is 0 Å². The number of aromatic nitrogens is 4. The molecule has 0 unspecified atom stereocenters. The highest BCUT2D eigenvalue weighted by molar-refractivity contribution is 6.36. The number of anilines is 2. The van der Waals surface area contributed by atoms with Crippen LogP contribution in [0, 0.1) is 0 Å². The summed E-state index contributed by atoms with van der Waals surface area (Å²) in [6.45, 7) is 1.20. The minimum absolute atomic E-state index is 0.106. The van der Waals surface area contributed by atoms with Crippen molar-refractivity contribution in [2.24, 2.45) is 0 Å². The Hall–Kier alpha value is -3.63. The molecule has 1 atom stereocenters. The lowest BCUT2D eigenvalue weighted by atomic mass is 10.1. The summed E-state index contributed by atoms with van der Waals surface area (Å²) >= 11 is 12.6. The number of carbonyl (C=O) groups is 1. The van der Waals surface area contributed by atoms with Crippen LogP contribution in [0.25, 0.3) is 22.1 Å². The minimum Gasteiger partial charge on any atom is -0.467 e. The van der Waals surface area contributed by atoms with Gasteiger partial charge in [-0.2, -0.15) is 0 Å². The summed E-state index contributed by atoms with van der Waals surface area (Å²) in [6, 6.07) is 5.37. The number of amides is 1. The van der Waals surface area contributed by atoms with Crippen LogP contribution >= 0.6 is 23.2 Å². The van der Waals surface area contributed by atoms with Crippen molar-refractivity contribution in [3.8, 4) is 17.1 Å². The topological polar surface area (TPSA) is 132 Å². The third-order valence-electron chi connectivity index (χ3n) is 5.64. The second kappa shape index (κ2) is 8.96. The summed E-state index contributed by atoms with van der Waals surface area (Å²) in [5.41, 5.74) is 8.22. The normalized spacial score (nSPS) is 15.6. The Bertz CT molecular complexity index is 1380. The molecule has 0 bridgehead atoms. The molecule has 0 aliphatic carbocycles. The third-order valence-corrected chi connectivity index (χ3v) is 6.24. The van der Waals surface area contributed by atoms with E-state index in [4.69, 9.17) is 38.2 Å². The van der Waals surface area contributed by atoms with Crippen LogP contribution in [0.5, 0.6) is 6.01 Å². The van der Waals surface area contributed by atoms with Gasteiger partial charge in [-0.25, -0.2) is 15.0 Å². The number of hydrogen-bond donors (Lipinski definition) is 2. The van der Waals surface area contributed by atoms with Crippen molar-refractivity contribution in [2.45, 2.75) is 12.5 Å². The van der Waals surface area contributed by atoms with Gasteiger partial charge in [-0.1, -0.05) is 34.4 Å². The number of nitrogens with two attached hydrogens (primary N) is 1. The number of nitrogens with one attached hydrogen (secondary N) is 1. The van der Waals surface area contributed by atoms with Crippen molar-refractivity contribution in [3.63, 3.8) is 0 Å². The Balaban J connectivity index is 1.28. The molecule has 1 aliphatic rings. The van der Waals surface area contributed by atoms with Crippen molar-refractivity contribution in [2.75, 3.05) is 30.8 Å². The molecule has 1 saturated heterocycles. The number of nitrogens with zero attached hydrogens (tertiary/aromatic N) is 5. The smallest absolute Gasteiger partial charge is 0.316 e. The largest absolute Gasteiger partial charge is 0.467 e. The first-order valence-corrected chi connectivity index (χ1v) is 11.1. The van der Waals surface area contributed by atoms with Crippen molar-refractivity contribution in [1.29, 1.82) is 0 Å². The predicted molar refractivity (Wildman–Crippen MR) is 128 cm³/mol. The molecule has 4 aromatic rings. The van der Waals surface area contributed by atoms with Gasteiger partial charge in [0.15, 0.2) is 11.6 Å². The average Bonchev–Trinajstić information content (AvgIpc) is 3.46. The van der Waals surface area contributed by atoms with Gasteiger partial charge >= 0.3 is 6.01 Å². The third kappa shape index (κ3) is 4.06. The molecule has 0 saturated carbocycles. The number of nitrogen functional groups attached to an aromatic ring is 1. The quantitative estimate of drug-likeness (QED) is 0.422. The first-order chi connectivity index (χ1) is 16.4. The lowest BCUT2D eigenvalue weighted by Crippen LogP contribution is -2.37. The second-order valence-corrected chi connectivity index (χ2v) is 8.57. The number of fused-ring (bicyclic) bond motifs is 1. The number of pyridine rings is 1. The van der Waals surface area contributed by atoms with Gasteiger partial charge in [-0.3, -0.25) is 4.79 Å². The van der Waals surface area contributed by atoms with Gasteiger partial charge in [0.2, 0.25) is 5.58 Å². The molecule has 34 heavy (non-hydrogen) atoms. The number of rotatable bonds is 5. The van der Waals surface area contributed by atoms with Gasteiger partial charge in [-0.15, -0.1) is 0 Å². The van der Waals surface area contributed by atoms with E-state index < -0.39 is 0 Å². The number of methoxy groups -OCH3 is 1. The van der Waals surface area contributed by atoms with Crippen LogP contribution in [0.1, 0.15) is 16.8 Å². The molecule has 12 heteroatoms. The molecule has 4 heterocycles. The van der Waals surface area contributed by atoms with Crippen LogP contribution in [-0.2, 0) is 0 Å². The summed E-state index contributed by atoms with van der Waals surface area (Å²) in [5.74, 6) is 0.545. The van der Waals surface area contributed by atoms with Crippen LogP contribution < -0.4 is 20.7 Å². The monoisotopic (exact) mass is 499 g/mol. The van der Waals surface area contributed by atoms with Crippen LogP contribution in [-0.4, -0.2) is 52.3 Å². The fourth-order valence-corrected chi connectivity index (χ4v) is 4.43. The first kappa shape index (κ1) is 22.2. The molecule has 1 fully saturated rings. The lowest BCUT2D eigenvalue weighted by Gasteiger charge is -2.18. The lowest BCUT2D eigenvalue weighted by molar-refractivity contribution is 0.0940. The Labute approximate surface area is 204 Å². The summed E-state index contributed by atoms with van der Waals surface area (Å²) in [7, 11) is 1.50. The Morgan fingerprint density at radius 1 is 1.18 bits per heavy atom. The number of hydrogen-bond acceptors (Lipinski definition) is 9. The molecule has 10 nitrogen and oxygen atoms in total. The highest BCUT2D eigenvalue weighted by Gasteiger charge is 2.29. The average molecular weight is 500 g/mol. The second-order valence-electron chi connectivity index (χ2n) is 7.76. The number of ether oxygens (including phenoxy) is 1. The highest BCUT2D eigenvalue weighted by atomic mass is 35.5. The zero-order chi connectivity index (χ0) is 23.8. The first-order valence-electron chi connectivity index (χ1n) is 10.4. The van der Waals surface area contributed by atoms with Gasteiger partial charge in [0.25, 0.3) is 5.91 Å². The van der Waals surface area contributed by atoms with Gasteiger partial charge in [0, 0.05) is 43.3 Å². The number of carbonyl (C=O) groups excluding carboxylic acids is 1. The van der Waals surface area contributed by atoms with E-state index in [2.05, 4.69) is 25.4 Å². The number of benzene rings is 1. The maximum atomic E-state index is 12.9. The Kier molecular flexibility index (Phi) is 5.84. The molecule has 1 amide bonds. The van der Waals surface area contributed by atoms with E-state index in [-0.39, 0.29) is 23.8 Å². The van der Waals surface area contributed by atoms with Crippen molar-refractivity contribution in [1.82, 2.24) is 25.4 Å². The molecule has 3 aromatic heterocycles. The zero-order valence-corrected chi connectivity index (χ0v) is 19.5. The highest BCUT2D eigenvalue weighted by Crippen LogP contribution is 2.35. The van der Waals surface area contributed by atoms with E-state index in [0.29, 0.717) is 45.5 Å². The Morgan fingerprint density at radius 2 is 1.97 bits per heavy atom. The van der Waals surface area contributed by atoms with E-state index in [1.54, 1.807) is 30.6 Å². The van der Waals surface area contributed by atoms with E-state index in [1.165, 1.54) is 13.3 Å². The molecular weight excluding hydrogens is 481 g/mol. The minimum atomic E-state index is -0.257. The van der Waals surface area contributed by atoms with Gasteiger partial charge in [0.05, 0.1) is 28.1 Å². The summed E-state index contributed by atoms with van der Waals surface area (Å²) in [4.78, 5) is 27.5. The molecule has 5 rings (SSSR count). The van der Waals surface area contributed by atoms with Gasteiger partial charge < -0.3 is 25.2 Å². The summed E-state index contributed by atoms with van der Waals surface area (Å²) in [5, 5.41) is 8.08. The fourth-order valence-electron chi connectivity index (χ4n) is 3.94. The van der Waals surface area contributed by atoms with E-state index in [9.17, 15) is 4.79 Å². The molecule has 3 N–H and O–H groups in total. The standard InChI is InChI=1S/C22H19Cl2N7O3/c1-33-22-27-7-12(8-28-22)11-2-3-14(15(23)6-11)21(32)29-13-4-5-31(10-13)20-18-17(16(24)9-26-20)19(25)30-34-18/h2-3,6-9,13H,4-5,10H2,1H3,(H2,25,30)(H,29,32)/t13-/m1/s1. The van der Waals surface area contributed by atoms with Crippen molar-refractivity contribution >= 4 is 51.7 Å². The molecule has 0 spiro atoms. The van der Waals surface area contributed by atoms with E-state index in [0.717, 1.165) is 17.5 Å². The van der Waals surface area contributed by atoms with Crippen LogP contribution in [0.2, 0.25) is 10.0 Å². The molecule has 1 aliphatic heterocycles. The van der Waals surface area contributed by atoms with E-state index in [1.807, 2.05) is 4.90 Å². The van der Waals surface area contributed by atoms with Gasteiger partial charge in [0.1, 0.15) is 0 Å². The summed E-state index contributed by atoms with van der Waals surface area (Å²) in [6.07, 6.45) is 5.51. The summed E-state index contributed by atoms with van der Waals surface area (Å²) < 4.78 is 10.3.